The number of aromatic hydroxyl groups is 1. The van der Waals surface area contributed by atoms with Gasteiger partial charge in [-0.25, -0.2) is 0 Å². The molecule has 0 unspecified atom stereocenters. The molecule has 0 amide bonds. The normalized spacial score (nSPS) is 10.1. The number of rotatable bonds is 3. The number of halogens is 1. The van der Waals surface area contributed by atoms with E-state index >= 15 is 0 Å². The number of phenolic OH excluding ortho intramolecular Hbond substituents is 1. The minimum atomic E-state index is 0. The quantitative estimate of drug-likeness (QED) is 0.708. The molecule has 0 atom stereocenters. The standard InChI is InChI=1S/C17H16N2O2.ClH/c1-11-9-16(19-15-5-3-4-6-17(15)20)13-10-12(21-2)7-8-14(13)18-11;/h3-10,20H,1-2H3,(H,18,19);1H/p-1. The minimum absolute atomic E-state index is 0. The van der Waals surface area contributed by atoms with Gasteiger partial charge in [0, 0.05) is 16.8 Å². The third kappa shape index (κ3) is 3.07. The maximum absolute atomic E-state index is 9.91. The Morgan fingerprint density at radius 1 is 1.05 bits per heavy atom. The van der Waals surface area contributed by atoms with Crippen LogP contribution in [0.15, 0.2) is 48.5 Å². The number of para-hydroxylation sites is 2. The number of nitrogens with one attached hydrogen (secondary N) is 1. The number of pyridine rings is 1. The van der Waals surface area contributed by atoms with Crippen LogP contribution in [-0.2, 0) is 0 Å². The Labute approximate surface area is 135 Å². The lowest BCUT2D eigenvalue weighted by Gasteiger charge is -2.12. The van der Waals surface area contributed by atoms with Gasteiger partial charge in [0.15, 0.2) is 0 Å². The van der Waals surface area contributed by atoms with Crippen LogP contribution in [0.25, 0.3) is 10.9 Å². The van der Waals surface area contributed by atoms with E-state index in [-0.39, 0.29) is 18.2 Å². The first-order valence-corrected chi connectivity index (χ1v) is 6.68. The van der Waals surface area contributed by atoms with Crippen molar-refractivity contribution in [3.8, 4) is 11.5 Å². The van der Waals surface area contributed by atoms with Gasteiger partial charge < -0.3 is 27.6 Å². The monoisotopic (exact) mass is 315 g/mol. The van der Waals surface area contributed by atoms with Crippen molar-refractivity contribution in [3.63, 3.8) is 0 Å². The summed E-state index contributed by atoms with van der Waals surface area (Å²) in [5, 5.41) is 14.1. The average molecular weight is 316 g/mol. The van der Waals surface area contributed by atoms with E-state index in [9.17, 15) is 5.11 Å². The van der Waals surface area contributed by atoms with Gasteiger partial charge in [0.25, 0.3) is 0 Å². The Bertz CT molecular complexity index is 806. The molecule has 0 spiro atoms. The molecule has 1 aromatic heterocycles. The van der Waals surface area contributed by atoms with E-state index in [2.05, 4.69) is 10.3 Å². The number of fused-ring (bicyclic) bond motifs is 1. The Morgan fingerprint density at radius 3 is 2.55 bits per heavy atom. The number of benzene rings is 2. The fourth-order valence-electron chi connectivity index (χ4n) is 2.29. The molecule has 22 heavy (non-hydrogen) atoms. The highest BCUT2D eigenvalue weighted by molar-refractivity contribution is 5.94. The number of methoxy groups -OCH3 is 1. The molecule has 0 saturated carbocycles. The largest absolute Gasteiger partial charge is 1.00 e. The van der Waals surface area contributed by atoms with Crippen molar-refractivity contribution in [1.82, 2.24) is 4.98 Å². The summed E-state index contributed by atoms with van der Waals surface area (Å²) in [6, 6.07) is 14.8. The number of nitrogens with zero attached hydrogens (tertiary/aromatic N) is 1. The Hall–Kier alpha value is -2.46. The predicted octanol–water partition coefficient (Wildman–Crippen LogP) is 1.01. The topological polar surface area (TPSA) is 54.4 Å². The van der Waals surface area contributed by atoms with Gasteiger partial charge in [-0.15, -0.1) is 0 Å². The van der Waals surface area contributed by atoms with E-state index in [1.807, 2.05) is 43.3 Å². The second-order valence-corrected chi connectivity index (χ2v) is 4.84. The highest BCUT2D eigenvalue weighted by atomic mass is 35.5. The average Bonchev–Trinajstić information content (AvgIpc) is 2.49. The summed E-state index contributed by atoms with van der Waals surface area (Å²) in [6.45, 7) is 1.94. The molecule has 3 aromatic rings. The molecular weight excluding hydrogens is 300 g/mol. The SMILES string of the molecule is COc1ccc2nc(C)cc(Nc3ccccc3O)c2c1.[Cl-]. The second-order valence-electron chi connectivity index (χ2n) is 4.84. The summed E-state index contributed by atoms with van der Waals surface area (Å²) in [5.74, 6) is 0.983. The number of phenols is 1. The summed E-state index contributed by atoms with van der Waals surface area (Å²) in [6.07, 6.45) is 0. The van der Waals surface area contributed by atoms with Gasteiger partial charge >= 0.3 is 0 Å². The zero-order chi connectivity index (χ0) is 14.8. The number of aromatic nitrogens is 1. The van der Waals surface area contributed by atoms with E-state index in [1.165, 1.54) is 0 Å². The molecule has 0 aliphatic heterocycles. The summed E-state index contributed by atoms with van der Waals surface area (Å²) in [4.78, 5) is 4.52. The van der Waals surface area contributed by atoms with Crippen molar-refractivity contribution < 1.29 is 22.3 Å². The molecule has 0 aliphatic rings. The van der Waals surface area contributed by atoms with Gasteiger partial charge in [-0.3, -0.25) is 4.98 Å². The molecule has 0 bridgehead atoms. The van der Waals surface area contributed by atoms with Gasteiger partial charge in [-0.1, -0.05) is 12.1 Å². The first-order valence-electron chi connectivity index (χ1n) is 6.68. The van der Waals surface area contributed by atoms with Gasteiger partial charge in [0.2, 0.25) is 0 Å². The molecule has 2 N–H and O–H groups in total. The predicted molar refractivity (Wildman–Crippen MR) is 84.4 cm³/mol. The maximum atomic E-state index is 9.91. The first-order chi connectivity index (χ1) is 10.2. The van der Waals surface area contributed by atoms with E-state index in [0.717, 1.165) is 28.0 Å². The highest BCUT2D eigenvalue weighted by Gasteiger charge is 2.08. The molecular formula is C17H16ClN2O2-. The van der Waals surface area contributed by atoms with Crippen LogP contribution in [0.2, 0.25) is 0 Å². The third-order valence-corrected chi connectivity index (χ3v) is 3.32. The molecule has 4 nitrogen and oxygen atoms in total. The van der Waals surface area contributed by atoms with Crippen molar-refractivity contribution in [2.45, 2.75) is 6.92 Å². The van der Waals surface area contributed by atoms with E-state index in [0.29, 0.717) is 5.69 Å². The van der Waals surface area contributed by atoms with Crippen molar-refractivity contribution >= 4 is 22.3 Å². The van der Waals surface area contributed by atoms with Crippen LogP contribution in [0.4, 0.5) is 11.4 Å². The molecule has 2 aromatic carbocycles. The van der Waals surface area contributed by atoms with Crippen molar-refractivity contribution in [2.24, 2.45) is 0 Å². The van der Waals surface area contributed by atoms with E-state index in [4.69, 9.17) is 4.74 Å². The Morgan fingerprint density at radius 2 is 1.82 bits per heavy atom. The fourth-order valence-corrected chi connectivity index (χ4v) is 2.29. The highest BCUT2D eigenvalue weighted by Crippen LogP contribution is 2.32. The van der Waals surface area contributed by atoms with Crippen LogP contribution in [0.3, 0.4) is 0 Å². The van der Waals surface area contributed by atoms with Crippen LogP contribution in [0, 0.1) is 6.92 Å². The summed E-state index contributed by atoms with van der Waals surface area (Å²) < 4.78 is 5.28. The zero-order valence-electron chi connectivity index (χ0n) is 12.3. The van der Waals surface area contributed by atoms with Gasteiger partial charge in [-0.05, 0) is 43.3 Å². The lowest BCUT2D eigenvalue weighted by Crippen LogP contribution is -3.00. The third-order valence-electron chi connectivity index (χ3n) is 3.32. The van der Waals surface area contributed by atoms with Crippen LogP contribution in [0.5, 0.6) is 11.5 Å². The number of ether oxygens (including phenoxy) is 1. The Kier molecular flexibility index (Phi) is 4.73. The zero-order valence-corrected chi connectivity index (χ0v) is 13.1. The van der Waals surface area contributed by atoms with Crippen molar-refractivity contribution in [3.05, 3.63) is 54.2 Å². The van der Waals surface area contributed by atoms with Crippen LogP contribution in [0.1, 0.15) is 5.69 Å². The molecule has 114 valence electrons. The number of aryl methyl sites for hydroxylation is 1. The Balaban J connectivity index is 0.00000176. The lowest BCUT2D eigenvalue weighted by atomic mass is 10.1. The molecule has 0 radical (unpaired) electrons. The smallest absolute Gasteiger partial charge is 0.139 e. The fraction of sp³-hybridized carbons (Fsp3) is 0.118. The molecule has 1 heterocycles. The number of hydrogen-bond acceptors (Lipinski definition) is 4. The van der Waals surface area contributed by atoms with E-state index < -0.39 is 0 Å². The van der Waals surface area contributed by atoms with Crippen molar-refractivity contribution in [2.75, 3.05) is 12.4 Å². The minimum Gasteiger partial charge on any atom is -1.00 e. The van der Waals surface area contributed by atoms with Crippen LogP contribution >= 0.6 is 0 Å². The molecule has 0 aliphatic carbocycles. The number of anilines is 2. The van der Waals surface area contributed by atoms with Gasteiger partial charge in [0.1, 0.15) is 11.5 Å². The van der Waals surface area contributed by atoms with Crippen LogP contribution < -0.4 is 22.5 Å². The van der Waals surface area contributed by atoms with E-state index in [1.54, 1.807) is 19.2 Å². The van der Waals surface area contributed by atoms with Gasteiger partial charge in [0.05, 0.1) is 18.3 Å². The molecule has 5 heteroatoms. The van der Waals surface area contributed by atoms with Crippen LogP contribution in [-0.4, -0.2) is 17.2 Å². The molecule has 0 fully saturated rings. The summed E-state index contributed by atoms with van der Waals surface area (Å²) >= 11 is 0. The summed E-state index contributed by atoms with van der Waals surface area (Å²) in [7, 11) is 1.64. The maximum Gasteiger partial charge on any atom is 0.139 e. The first kappa shape index (κ1) is 15.9. The molecule has 0 saturated heterocycles. The molecule has 3 rings (SSSR count). The van der Waals surface area contributed by atoms with Crippen molar-refractivity contribution in [1.29, 1.82) is 0 Å². The second kappa shape index (κ2) is 6.54. The lowest BCUT2D eigenvalue weighted by molar-refractivity contribution is -0.00000560. The number of hydrogen-bond donors (Lipinski definition) is 2. The summed E-state index contributed by atoms with van der Waals surface area (Å²) in [5.41, 5.74) is 3.34. The van der Waals surface area contributed by atoms with Gasteiger partial charge in [-0.2, -0.15) is 0 Å².